The van der Waals surface area contributed by atoms with Crippen molar-refractivity contribution >= 4 is 20.0 Å². The lowest BCUT2D eigenvalue weighted by Crippen LogP contribution is -1.93. The van der Waals surface area contributed by atoms with E-state index in [2.05, 4.69) is 4.98 Å². The number of anilines is 2. The van der Waals surface area contributed by atoms with E-state index >= 15 is 0 Å². The molecule has 3 nitrogen and oxygen atoms in total. The molecule has 0 unspecified atom stereocenters. The maximum Gasteiger partial charge on any atom is 0.125 e. The minimum Gasteiger partial charge on any atom is -0.384 e. The highest BCUT2D eigenvalue weighted by atomic mass is 14.9. The molecule has 45 valence electrons. The number of hydrogen-bond acceptors (Lipinski definition) is 3. The smallest absolute Gasteiger partial charge is 0.125 e. The largest absolute Gasteiger partial charge is 0.384 e. The second-order valence-corrected chi connectivity index (χ2v) is 1.49. The van der Waals surface area contributed by atoms with Gasteiger partial charge >= 0.3 is 0 Å². The number of pyridine rings is 1. The topological polar surface area (TPSA) is 64.9 Å². The second kappa shape index (κ2) is 2.97. The number of nitrogens with two attached hydrogens (primary N) is 2. The Balaban J connectivity index is 0.000000640. The van der Waals surface area contributed by atoms with Crippen LogP contribution >= 0.6 is 0 Å². The first-order valence-electron chi connectivity index (χ1n) is 2.27. The Labute approximate surface area is 55.7 Å². The first kappa shape index (κ1) is 7.81. The second-order valence-electron chi connectivity index (χ2n) is 1.49. The van der Waals surface area contributed by atoms with Crippen LogP contribution in [0.4, 0.5) is 11.6 Å². The molecule has 4 heteroatoms. The lowest BCUT2D eigenvalue weighted by Gasteiger charge is -1.90. The van der Waals surface area contributed by atoms with Crippen LogP contribution < -0.4 is 11.5 Å². The quantitative estimate of drug-likeness (QED) is 0.468. The third-order valence-electron chi connectivity index (χ3n) is 0.792. The molecular formula is C5H7BN3. The summed E-state index contributed by atoms with van der Waals surface area (Å²) in [7, 11) is 0. The SMILES string of the molecule is Nc1cccc(N)n1.[B]. The molecular weight excluding hydrogens is 113 g/mol. The molecule has 1 aromatic rings. The average molecular weight is 120 g/mol. The number of nitrogens with zero attached hydrogens (tertiary/aromatic N) is 1. The van der Waals surface area contributed by atoms with E-state index in [9.17, 15) is 0 Å². The number of aromatic nitrogens is 1. The summed E-state index contributed by atoms with van der Waals surface area (Å²) in [6.45, 7) is 0. The Hall–Kier alpha value is -1.19. The van der Waals surface area contributed by atoms with Gasteiger partial charge in [0.25, 0.3) is 0 Å². The molecule has 0 saturated heterocycles. The Morgan fingerprint density at radius 3 is 1.78 bits per heavy atom. The molecule has 0 aliphatic rings. The predicted molar refractivity (Wildman–Crippen MR) is 38.8 cm³/mol. The van der Waals surface area contributed by atoms with E-state index in [0.29, 0.717) is 11.6 Å². The van der Waals surface area contributed by atoms with Crippen molar-refractivity contribution in [3.8, 4) is 0 Å². The van der Waals surface area contributed by atoms with Gasteiger partial charge in [0.05, 0.1) is 0 Å². The van der Waals surface area contributed by atoms with Gasteiger partial charge in [-0.05, 0) is 12.1 Å². The van der Waals surface area contributed by atoms with E-state index in [0.717, 1.165) is 0 Å². The highest BCUT2D eigenvalue weighted by Crippen LogP contribution is 1.99. The zero-order valence-corrected chi connectivity index (χ0v) is 4.91. The van der Waals surface area contributed by atoms with Crippen LogP contribution in [-0.2, 0) is 0 Å². The summed E-state index contributed by atoms with van der Waals surface area (Å²) in [5.74, 6) is 0.926. The van der Waals surface area contributed by atoms with E-state index in [1.165, 1.54) is 0 Å². The van der Waals surface area contributed by atoms with Gasteiger partial charge in [-0.3, -0.25) is 0 Å². The summed E-state index contributed by atoms with van der Waals surface area (Å²) in [5, 5.41) is 0. The van der Waals surface area contributed by atoms with Crippen molar-refractivity contribution in [2.75, 3.05) is 11.5 Å². The average Bonchev–Trinajstić information content (AvgIpc) is 1.64. The van der Waals surface area contributed by atoms with Crippen molar-refractivity contribution < 1.29 is 0 Å². The molecule has 9 heavy (non-hydrogen) atoms. The molecule has 3 radical (unpaired) electrons. The van der Waals surface area contributed by atoms with Gasteiger partial charge in [-0.25, -0.2) is 4.98 Å². The van der Waals surface area contributed by atoms with Gasteiger partial charge in [0.15, 0.2) is 0 Å². The maximum absolute atomic E-state index is 5.27. The van der Waals surface area contributed by atoms with Crippen molar-refractivity contribution in [2.45, 2.75) is 0 Å². The maximum atomic E-state index is 5.27. The molecule has 1 rings (SSSR count). The third-order valence-corrected chi connectivity index (χ3v) is 0.792. The highest BCUT2D eigenvalue weighted by molar-refractivity contribution is 5.75. The van der Waals surface area contributed by atoms with Crippen LogP contribution in [0.2, 0.25) is 0 Å². The van der Waals surface area contributed by atoms with Gasteiger partial charge in [-0.15, -0.1) is 0 Å². The summed E-state index contributed by atoms with van der Waals surface area (Å²) >= 11 is 0. The molecule has 4 N–H and O–H groups in total. The van der Waals surface area contributed by atoms with Crippen molar-refractivity contribution in [1.29, 1.82) is 0 Å². The summed E-state index contributed by atoms with van der Waals surface area (Å²) in [4.78, 5) is 3.73. The van der Waals surface area contributed by atoms with Crippen molar-refractivity contribution in [3.05, 3.63) is 18.2 Å². The minimum absolute atomic E-state index is 0. The first-order valence-corrected chi connectivity index (χ1v) is 2.27. The Kier molecular flexibility index (Phi) is 2.58. The minimum atomic E-state index is 0. The van der Waals surface area contributed by atoms with Crippen LogP contribution in [0.5, 0.6) is 0 Å². The van der Waals surface area contributed by atoms with Gasteiger partial charge in [0, 0.05) is 8.41 Å². The predicted octanol–water partition coefficient (Wildman–Crippen LogP) is -0.135. The Bertz CT molecular complexity index is 172. The van der Waals surface area contributed by atoms with E-state index < -0.39 is 0 Å². The first-order chi connectivity index (χ1) is 3.79. The van der Waals surface area contributed by atoms with Gasteiger partial charge < -0.3 is 11.5 Å². The zero-order chi connectivity index (χ0) is 5.98. The standard InChI is InChI=1S/C5H7N3.B/c6-4-2-1-3-5(7)8-4;/h1-3H,(H4,6,7,8);. The van der Waals surface area contributed by atoms with E-state index in [-0.39, 0.29) is 8.41 Å². The van der Waals surface area contributed by atoms with Gasteiger partial charge in [0.1, 0.15) is 11.6 Å². The van der Waals surface area contributed by atoms with Crippen LogP contribution in [0.25, 0.3) is 0 Å². The molecule has 1 aromatic heterocycles. The van der Waals surface area contributed by atoms with Crippen LogP contribution in [0.3, 0.4) is 0 Å². The lowest BCUT2D eigenvalue weighted by atomic mass is 10.4. The van der Waals surface area contributed by atoms with E-state index in [1.807, 2.05) is 0 Å². The van der Waals surface area contributed by atoms with Crippen molar-refractivity contribution in [3.63, 3.8) is 0 Å². The number of rotatable bonds is 0. The Morgan fingerprint density at radius 1 is 1.11 bits per heavy atom. The van der Waals surface area contributed by atoms with E-state index in [4.69, 9.17) is 11.5 Å². The summed E-state index contributed by atoms with van der Waals surface area (Å²) in [6, 6.07) is 5.14. The fraction of sp³-hybridized carbons (Fsp3) is 0. The molecule has 0 amide bonds. The normalized spacial score (nSPS) is 8.00. The van der Waals surface area contributed by atoms with Gasteiger partial charge in [0.2, 0.25) is 0 Å². The fourth-order valence-electron chi connectivity index (χ4n) is 0.469. The molecule has 0 aliphatic carbocycles. The van der Waals surface area contributed by atoms with Gasteiger partial charge in [-0.2, -0.15) is 0 Å². The highest BCUT2D eigenvalue weighted by Gasteiger charge is 1.83. The van der Waals surface area contributed by atoms with E-state index in [1.54, 1.807) is 18.2 Å². The molecule has 0 bridgehead atoms. The molecule has 1 heterocycles. The monoisotopic (exact) mass is 120 g/mol. The van der Waals surface area contributed by atoms with Crippen LogP contribution in [0.1, 0.15) is 0 Å². The number of nitrogen functional groups attached to an aromatic ring is 2. The summed E-state index contributed by atoms with van der Waals surface area (Å²) < 4.78 is 0. The summed E-state index contributed by atoms with van der Waals surface area (Å²) in [5.41, 5.74) is 10.5. The van der Waals surface area contributed by atoms with Crippen molar-refractivity contribution in [2.24, 2.45) is 0 Å². The molecule has 0 aromatic carbocycles. The lowest BCUT2D eigenvalue weighted by molar-refractivity contribution is 1.34. The van der Waals surface area contributed by atoms with Crippen LogP contribution in [0, 0.1) is 0 Å². The third kappa shape index (κ3) is 2.03. The molecule has 0 spiro atoms. The molecule has 0 fully saturated rings. The number of hydrogen-bond donors (Lipinski definition) is 2. The van der Waals surface area contributed by atoms with Crippen LogP contribution in [-0.4, -0.2) is 13.4 Å². The van der Waals surface area contributed by atoms with Gasteiger partial charge in [-0.1, -0.05) is 6.07 Å². The summed E-state index contributed by atoms with van der Waals surface area (Å²) in [6.07, 6.45) is 0. The zero-order valence-electron chi connectivity index (χ0n) is 4.91. The molecule has 0 saturated carbocycles. The molecule has 0 aliphatic heterocycles. The Morgan fingerprint density at radius 2 is 1.56 bits per heavy atom. The van der Waals surface area contributed by atoms with Crippen LogP contribution in [0.15, 0.2) is 18.2 Å². The fourth-order valence-corrected chi connectivity index (χ4v) is 0.469. The van der Waals surface area contributed by atoms with Crippen molar-refractivity contribution in [1.82, 2.24) is 4.98 Å². The molecule has 0 atom stereocenters.